The number of carbonyl (C=O) groups is 1. The molecule has 0 aromatic heterocycles. The first-order chi connectivity index (χ1) is 12.3. The minimum absolute atomic E-state index is 0.0165. The molecule has 0 heterocycles. The highest BCUT2D eigenvalue weighted by molar-refractivity contribution is 5.98. The van der Waals surface area contributed by atoms with E-state index in [2.05, 4.69) is 5.16 Å². The molecule has 0 spiro atoms. The Balaban J connectivity index is 1.90. The number of Topliss-reactive ketones (excluding diaryl/α,β-unsaturated/α-hetero) is 1. The molecule has 0 aliphatic heterocycles. The second-order valence-electron chi connectivity index (χ2n) is 5.66. The summed E-state index contributed by atoms with van der Waals surface area (Å²) in [5.74, 6) is 0.505. The molecule has 0 saturated carbocycles. The number of ketones is 1. The highest BCUT2D eigenvalue weighted by atomic mass is 19.4. The van der Waals surface area contributed by atoms with Crippen LogP contribution in [0, 0.1) is 0 Å². The number of rotatable bonds is 7. The lowest BCUT2D eigenvalue weighted by atomic mass is 10.1. The Morgan fingerprint density at radius 1 is 1.00 bits per heavy atom. The van der Waals surface area contributed by atoms with E-state index in [1.165, 1.54) is 19.1 Å². The number of hydrogen-bond acceptors (Lipinski definition) is 4. The largest absolute Gasteiger partial charge is 0.486 e. The molecule has 0 amide bonds. The molecule has 26 heavy (non-hydrogen) atoms. The van der Waals surface area contributed by atoms with Gasteiger partial charge in [0.1, 0.15) is 19.0 Å². The van der Waals surface area contributed by atoms with Crippen LogP contribution < -0.4 is 4.74 Å². The summed E-state index contributed by atoms with van der Waals surface area (Å²) < 4.78 is 42.8. The third kappa shape index (κ3) is 5.91. The van der Waals surface area contributed by atoms with E-state index in [1.54, 1.807) is 31.2 Å². The van der Waals surface area contributed by atoms with E-state index >= 15 is 0 Å². The summed E-state index contributed by atoms with van der Waals surface area (Å²) in [6.45, 7) is 3.27. The number of alkyl halides is 3. The smallest absolute Gasteiger partial charge is 0.416 e. The lowest BCUT2D eigenvalue weighted by Crippen LogP contribution is -2.06. The molecule has 2 rings (SSSR count). The average Bonchev–Trinajstić information content (AvgIpc) is 2.60. The minimum atomic E-state index is -4.35. The first kappa shape index (κ1) is 19.5. The topological polar surface area (TPSA) is 47.9 Å². The molecular formula is C19H18F3NO3. The van der Waals surface area contributed by atoms with Crippen LogP contribution in [0.15, 0.2) is 53.7 Å². The number of hydrogen-bond donors (Lipinski definition) is 0. The van der Waals surface area contributed by atoms with E-state index < -0.39 is 11.7 Å². The summed E-state index contributed by atoms with van der Waals surface area (Å²) >= 11 is 0. The Kier molecular flexibility index (Phi) is 6.38. The van der Waals surface area contributed by atoms with Gasteiger partial charge in [0, 0.05) is 0 Å². The third-order valence-corrected chi connectivity index (χ3v) is 3.43. The van der Waals surface area contributed by atoms with Gasteiger partial charge >= 0.3 is 6.18 Å². The van der Waals surface area contributed by atoms with Gasteiger partial charge in [0.05, 0.1) is 11.3 Å². The predicted octanol–water partition coefficient (Wildman–Crippen LogP) is 4.61. The third-order valence-electron chi connectivity index (χ3n) is 3.43. The van der Waals surface area contributed by atoms with Gasteiger partial charge in [-0.3, -0.25) is 4.79 Å². The van der Waals surface area contributed by atoms with Crippen molar-refractivity contribution < 1.29 is 27.5 Å². The zero-order valence-corrected chi connectivity index (χ0v) is 14.3. The Labute approximate surface area is 149 Å². The fourth-order valence-electron chi connectivity index (χ4n) is 2.02. The number of carbonyl (C=O) groups excluding carboxylic acids is 1. The van der Waals surface area contributed by atoms with E-state index in [4.69, 9.17) is 9.57 Å². The molecule has 0 unspecified atom stereocenters. The van der Waals surface area contributed by atoms with Gasteiger partial charge in [-0.15, -0.1) is 0 Å². The van der Waals surface area contributed by atoms with Crippen LogP contribution in [0.25, 0.3) is 0 Å². The molecule has 7 heteroatoms. The molecule has 2 aromatic carbocycles. The molecule has 2 aromatic rings. The van der Waals surface area contributed by atoms with Crippen LogP contribution in [0.2, 0.25) is 0 Å². The highest BCUT2D eigenvalue weighted by Gasteiger charge is 2.29. The van der Waals surface area contributed by atoms with Crippen LogP contribution in [0.4, 0.5) is 13.2 Å². The standard InChI is InChI=1S/C19H18F3NO3/c1-13(24)11-25-18-9-5-16(6-10-18)14(2)23-26-12-15-3-7-17(8-4-15)19(20,21)22/h3-10H,11-12H2,1-2H3. The molecular weight excluding hydrogens is 347 g/mol. The van der Waals surface area contributed by atoms with Crippen LogP contribution >= 0.6 is 0 Å². The lowest BCUT2D eigenvalue weighted by molar-refractivity contribution is -0.137. The number of benzene rings is 2. The molecule has 0 aliphatic rings. The van der Waals surface area contributed by atoms with Gasteiger partial charge in [-0.25, -0.2) is 0 Å². The van der Waals surface area contributed by atoms with Gasteiger partial charge in [0.15, 0.2) is 5.78 Å². The van der Waals surface area contributed by atoms with Gasteiger partial charge in [-0.1, -0.05) is 17.3 Å². The van der Waals surface area contributed by atoms with Gasteiger partial charge in [-0.05, 0) is 61.4 Å². The van der Waals surface area contributed by atoms with Crippen LogP contribution in [-0.4, -0.2) is 18.1 Å². The first-order valence-corrected chi connectivity index (χ1v) is 7.81. The molecule has 0 N–H and O–H groups in total. The number of oxime groups is 1. The zero-order chi connectivity index (χ0) is 19.2. The summed E-state index contributed by atoms with van der Waals surface area (Å²) in [4.78, 5) is 16.1. The average molecular weight is 365 g/mol. The zero-order valence-electron chi connectivity index (χ0n) is 14.3. The normalized spacial score (nSPS) is 12.0. The SMILES string of the molecule is CC(=O)COc1ccc(C(C)=NOCc2ccc(C(F)(F)F)cc2)cc1. The van der Waals surface area contributed by atoms with Crippen molar-refractivity contribution in [3.63, 3.8) is 0 Å². The molecule has 0 aliphatic carbocycles. The summed E-state index contributed by atoms with van der Waals surface area (Å²) in [6, 6.07) is 11.7. The Morgan fingerprint density at radius 2 is 1.62 bits per heavy atom. The van der Waals surface area contributed by atoms with Crippen molar-refractivity contribution in [3.8, 4) is 5.75 Å². The van der Waals surface area contributed by atoms with Gasteiger partial charge in [-0.2, -0.15) is 13.2 Å². The van der Waals surface area contributed by atoms with E-state index in [0.717, 1.165) is 17.7 Å². The maximum atomic E-state index is 12.5. The summed E-state index contributed by atoms with van der Waals surface area (Å²) in [6.07, 6.45) is -4.35. The van der Waals surface area contributed by atoms with Gasteiger partial charge in [0.2, 0.25) is 0 Å². The minimum Gasteiger partial charge on any atom is -0.486 e. The number of halogens is 3. The van der Waals surface area contributed by atoms with Crippen molar-refractivity contribution in [2.75, 3.05) is 6.61 Å². The number of ether oxygens (including phenoxy) is 1. The monoisotopic (exact) mass is 365 g/mol. The second kappa shape index (κ2) is 8.51. The molecule has 0 radical (unpaired) electrons. The maximum absolute atomic E-state index is 12.5. The second-order valence-corrected chi connectivity index (χ2v) is 5.66. The molecule has 4 nitrogen and oxygen atoms in total. The van der Waals surface area contributed by atoms with Crippen LogP contribution in [-0.2, 0) is 22.4 Å². The molecule has 0 fully saturated rings. The van der Waals surface area contributed by atoms with Crippen molar-refractivity contribution in [2.24, 2.45) is 5.16 Å². The van der Waals surface area contributed by atoms with Crippen molar-refractivity contribution in [1.82, 2.24) is 0 Å². The summed E-state index contributed by atoms with van der Waals surface area (Å²) in [7, 11) is 0. The molecule has 0 bridgehead atoms. The lowest BCUT2D eigenvalue weighted by Gasteiger charge is -2.08. The maximum Gasteiger partial charge on any atom is 0.416 e. The predicted molar refractivity (Wildman–Crippen MR) is 91.1 cm³/mol. The molecule has 0 atom stereocenters. The van der Waals surface area contributed by atoms with Crippen molar-refractivity contribution in [2.45, 2.75) is 26.6 Å². The van der Waals surface area contributed by atoms with Gasteiger partial charge < -0.3 is 9.57 Å². The first-order valence-electron chi connectivity index (χ1n) is 7.81. The van der Waals surface area contributed by atoms with Crippen LogP contribution in [0.3, 0.4) is 0 Å². The van der Waals surface area contributed by atoms with E-state index in [9.17, 15) is 18.0 Å². The van der Waals surface area contributed by atoms with Crippen LogP contribution in [0.1, 0.15) is 30.5 Å². The van der Waals surface area contributed by atoms with Gasteiger partial charge in [0.25, 0.3) is 0 Å². The Hall–Kier alpha value is -2.83. The Bertz CT molecular complexity index is 766. The fraction of sp³-hybridized carbons (Fsp3) is 0.263. The van der Waals surface area contributed by atoms with E-state index in [0.29, 0.717) is 17.0 Å². The van der Waals surface area contributed by atoms with E-state index in [1.807, 2.05) is 0 Å². The Morgan fingerprint density at radius 3 is 2.15 bits per heavy atom. The van der Waals surface area contributed by atoms with Crippen molar-refractivity contribution in [3.05, 3.63) is 65.2 Å². The fourth-order valence-corrected chi connectivity index (χ4v) is 2.02. The summed E-state index contributed by atoms with van der Waals surface area (Å²) in [5.41, 5.74) is 1.29. The van der Waals surface area contributed by atoms with Crippen molar-refractivity contribution in [1.29, 1.82) is 0 Å². The number of nitrogens with zero attached hydrogens (tertiary/aromatic N) is 1. The quantitative estimate of drug-likeness (QED) is 0.532. The van der Waals surface area contributed by atoms with E-state index in [-0.39, 0.29) is 19.0 Å². The molecule has 138 valence electrons. The van der Waals surface area contributed by atoms with Crippen molar-refractivity contribution >= 4 is 11.5 Å². The van der Waals surface area contributed by atoms with Crippen LogP contribution in [0.5, 0.6) is 5.75 Å². The highest BCUT2D eigenvalue weighted by Crippen LogP contribution is 2.29. The molecule has 0 saturated heterocycles. The summed E-state index contributed by atoms with van der Waals surface area (Å²) in [5, 5.41) is 3.96.